The fourth-order valence-electron chi connectivity index (χ4n) is 3.30. The van der Waals surface area contributed by atoms with E-state index in [1.54, 1.807) is 12.1 Å². The van der Waals surface area contributed by atoms with E-state index in [4.69, 9.17) is 5.73 Å². The topological polar surface area (TPSA) is 70.6 Å². The van der Waals surface area contributed by atoms with Gasteiger partial charge in [0.1, 0.15) is 5.82 Å². The monoisotopic (exact) mass is 305 g/mol. The number of rotatable bonds is 5. The molecule has 0 spiro atoms. The molecule has 0 aliphatic heterocycles. The Kier molecular flexibility index (Phi) is 4.34. The summed E-state index contributed by atoms with van der Waals surface area (Å²) in [4.78, 5) is 4.47. The number of nitrogens with two attached hydrogens (primary N) is 1. The first-order valence-electron chi connectivity index (χ1n) is 8.06. The van der Waals surface area contributed by atoms with Gasteiger partial charge in [0.15, 0.2) is 5.96 Å². The highest BCUT2D eigenvalue weighted by molar-refractivity contribution is 5.78. The van der Waals surface area contributed by atoms with Crippen LogP contribution in [0.4, 0.5) is 4.39 Å². The number of nitrogens with one attached hydrogen (secondary N) is 1. The molecule has 120 valence electrons. The van der Waals surface area contributed by atoms with E-state index in [1.165, 1.54) is 12.1 Å². The van der Waals surface area contributed by atoms with E-state index in [0.29, 0.717) is 25.0 Å². The summed E-state index contributed by atoms with van der Waals surface area (Å²) in [6, 6.07) is 6.99. The molecule has 0 saturated heterocycles. The predicted octanol–water partition coefficient (Wildman–Crippen LogP) is 1.97. The molecule has 0 bridgehead atoms. The molecule has 0 amide bonds. The third-order valence-electron chi connectivity index (χ3n) is 4.82. The number of halogens is 1. The lowest BCUT2D eigenvalue weighted by Crippen LogP contribution is -2.39. The molecular weight excluding hydrogens is 281 g/mol. The highest BCUT2D eigenvalue weighted by Crippen LogP contribution is 2.41. The Morgan fingerprint density at radius 2 is 2.05 bits per heavy atom. The molecule has 2 atom stereocenters. The van der Waals surface area contributed by atoms with Crippen LogP contribution in [-0.2, 0) is 6.42 Å². The summed E-state index contributed by atoms with van der Waals surface area (Å²) in [5.74, 6) is 0.237. The van der Waals surface area contributed by atoms with Gasteiger partial charge in [0.25, 0.3) is 0 Å². The normalized spacial score (nSPS) is 28.8. The molecule has 4 N–H and O–H groups in total. The maximum atomic E-state index is 13.1. The van der Waals surface area contributed by atoms with E-state index in [9.17, 15) is 9.50 Å². The molecule has 0 aromatic heterocycles. The SMILES string of the molecule is NC(=NCC1(Cc2ccc(F)cc2)CCCC1O)NC1CC1. The molecule has 2 saturated carbocycles. The highest BCUT2D eigenvalue weighted by atomic mass is 19.1. The van der Waals surface area contributed by atoms with Crippen molar-refractivity contribution in [1.29, 1.82) is 0 Å². The number of benzene rings is 1. The molecule has 3 rings (SSSR count). The molecule has 2 fully saturated rings. The van der Waals surface area contributed by atoms with E-state index in [-0.39, 0.29) is 17.3 Å². The maximum absolute atomic E-state index is 13.1. The van der Waals surface area contributed by atoms with Crippen LogP contribution < -0.4 is 11.1 Å². The van der Waals surface area contributed by atoms with Crippen molar-refractivity contribution >= 4 is 5.96 Å². The summed E-state index contributed by atoms with van der Waals surface area (Å²) in [5.41, 5.74) is 6.67. The summed E-state index contributed by atoms with van der Waals surface area (Å²) in [6.45, 7) is 0.511. The number of aliphatic imine (C=N–C) groups is 1. The quantitative estimate of drug-likeness (QED) is 0.575. The summed E-state index contributed by atoms with van der Waals surface area (Å²) in [6.07, 6.45) is 5.34. The van der Waals surface area contributed by atoms with Gasteiger partial charge in [-0.05, 0) is 49.8 Å². The van der Waals surface area contributed by atoms with Crippen molar-refractivity contribution in [3.8, 4) is 0 Å². The third-order valence-corrected chi connectivity index (χ3v) is 4.82. The van der Waals surface area contributed by atoms with Crippen molar-refractivity contribution in [1.82, 2.24) is 5.32 Å². The van der Waals surface area contributed by atoms with Crippen LogP contribution in [0.1, 0.15) is 37.7 Å². The van der Waals surface area contributed by atoms with Crippen LogP contribution in [0.5, 0.6) is 0 Å². The average molecular weight is 305 g/mol. The average Bonchev–Trinajstić information content (AvgIpc) is 3.23. The predicted molar refractivity (Wildman–Crippen MR) is 85.0 cm³/mol. The number of aliphatic hydroxyl groups is 1. The molecule has 0 radical (unpaired) electrons. The van der Waals surface area contributed by atoms with Crippen molar-refractivity contribution in [3.05, 3.63) is 35.6 Å². The lowest BCUT2D eigenvalue weighted by molar-refractivity contribution is 0.0591. The smallest absolute Gasteiger partial charge is 0.188 e. The second kappa shape index (κ2) is 6.24. The zero-order valence-corrected chi connectivity index (χ0v) is 12.8. The van der Waals surface area contributed by atoms with Gasteiger partial charge < -0.3 is 16.2 Å². The van der Waals surface area contributed by atoms with Gasteiger partial charge in [-0.2, -0.15) is 0 Å². The van der Waals surface area contributed by atoms with Crippen molar-refractivity contribution in [2.45, 2.75) is 50.7 Å². The van der Waals surface area contributed by atoms with Crippen molar-refractivity contribution < 1.29 is 9.50 Å². The third kappa shape index (κ3) is 3.58. The van der Waals surface area contributed by atoms with E-state index in [2.05, 4.69) is 10.3 Å². The van der Waals surface area contributed by atoms with Crippen LogP contribution >= 0.6 is 0 Å². The largest absolute Gasteiger partial charge is 0.392 e. The summed E-state index contributed by atoms with van der Waals surface area (Å²) < 4.78 is 13.1. The van der Waals surface area contributed by atoms with E-state index >= 15 is 0 Å². The lowest BCUT2D eigenvalue weighted by atomic mass is 9.78. The minimum absolute atomic E-state index is 0.235. The lowest BCUT2D eigenvalue weighted by Gasteiger charge is -2.31. The highest BCUT2D eigenvalue weighted by Gasteiger charge is 2.42. The minimum Gasteiger partial charge on any atom is -0.392 e. The molecule has 0 heterocycles. The van der Waals surface area contributed by atoms with Crippen LogP contribution in [0.2, 0.25) is 0 Å². The van der Waals surface area contributed by atoms with Crippen LogP contribution in [0.25, 0.3) is 0 Å². The van der Waals surface area contributed by atoms with E-state index in [0.717, 1.165) is 37.7 Å². The molecule has 2 aliphatic rings. The zero-order chi connectivity index (χ0) is 15.6. The van der Waals surface area contributed by atoms with E-state index in [1.807, 2.05) is 0 Å². The van der Waals surface area contributed by atoms with Crippen molar-refractivity contribution in [2.24, 2.45) is 16.1 Å². The molecule has 1 aromatic rings. The van der Waals surface area contributed by atoms with Gasteiger partial charge in [-0.1, -0.05) is 18.6 Å². The van der Waals surface area contributed by atoms with E-state index < -0.39 is 0 Å². The Balaban J connectivity index is 1.71. The molecule has 4 nitrogen and oxygen atoms in total. The first-order chi connectivity index (χ1) is 10.6. The van der Waals surface area contributed by atoms with Gasteiger partial charge in [0, 0.05) is 11.5 Å². The fraction of sp³-hybridized carbons (Fsp3) is 0.588. The Hall–Kier alpha value is -1.62. The number of aliphatic hydroxyl groups excluding tert-OH is 1. The Bertz CT molecular complexity index is 541. The maximum Gasteiger partial charge on any atom is 0.188 e. The number of hydrogen-bond donors (Lipinski definition) is 3. The summed E-state index contributed by atoms with van der Waals surface area (Å²) in [7, 11) is 0. The second-order valence-corrected chi connectivity index (χ2v) is 6.69. The molecule has 2 unspecified atom stereocenters. The second-order valence-electron chi connectivity index (χ2n) is 6.69. The van der Waals surface area contributed by atoms with Crippen molar-refractivity contribution in [3.63, 3.8) is 0 Å². The van der Waals surface area contributed by atoms with Gasteiger partial charge in [-0.3, -0.25) is 4.99 Å². The zero-order valence-electron chi connectivity index (χ0n) is 12.8. The van der Waals surface area contributed by atoms with Gasteiger partial charge in [-0.15, -0.1) is 0 Å². The van der Waals surface area contributed by atoms with Gasteiger partial charge in [0.2, 0.25) is 0 Å². The molecule has 5 heteroatoms. The van der Waals surface area contributed by atoms with Gasteiger partial charge >= 0.3 is 0 Å². The summed E-state index contributed by atoms with van der Waals surface area (Å²) >= 11 is 0. The van der Waals surface area contributed by atoms with Gasteiger partial charge in [0.05, 0.1) is 12.6 Å². The summed E-state index contributed by atoms with van der Waals surface area (Å²) in [5, 5.41) is 13.6. The number of guanidine groups is 1. The molecular formula is C17H24FN3O. The fourth-order valence-corrected chi connectivity index (χ4v) is 3.30. The standard InChI is InChI=1S/C17H24FN3O/c18-13-5-3-12(4-6-13)10-17(9-1-2-15(17)22)11-20-16(19)21-14-7-8-14/h3-6,14-15,22H,1-2,7-11H2,(H3,19,20,21). The number of nitrogens with zero attached hydrogens (tertiary/aromatic N) is 1. The molecule has 1 aromatic carbocycles. The van der Waals surface area contributed by atoms with Gasteiger partial charge in [-0.25, -0.2) is 4.39 Å². The number of hydrogen-bond acceptors (Lipinski definition) is 2. The van der Waals surface area contributed by atoms with Crippen LogP contribution in [-0.4, -0.2) is 29.8 Å². The molecule has 22 heavy (non-hydrogen) atoms. The Morgan fingerprint density at radius 1 is 1.32 bits per heavy atom. The molecule has 2 aliphatic carbocycles. The first kappa shape index (κ1) is 15.3. The van der Waals surface area contributed by atoms with Crippen LogP contribution in [0.3, 0.4) is 0 Å². The minimum atomic E-state index is -0.380. The Morgan fingerprint density at radius 3 is 2.64 bits per heavy atom. The van der Waals surface area contributed by atoms with Crippen LogP contribution in [0, 0.1) is 11.2 Å². The first-order valence-corrected chi connectivity index (χ1v) is 8.06. The van der Waals surface area contributed by atoms with Crippen LogP contribution in [0.15, 0.2) is 29.3 Å². The Labute approximate surface area is 130 Å². The van der Waals surface area contributed by atoms with Crippen molar-refractivity contribution in [2.75, 3.05) is 6.54 Å².